The van der Waals surface area contributed by atoms with Crippen molar-refractivity contribution < 1.29 is 9.53 Å². The van der Waals surface area contributed by atoms with E-state index in [2.05, 4.69) is 90.1 Å². The molecule has 0 spiro atoms. The maximum atomic E-state index is 12.7. The fraction of sp³-hybridized carbons (Fsp3) is 0.562. The molecule has 2 aromatic heterocycles. The molecule has 2 saturated heterocycles. The second-order valence-corrected chi connectivity index (χ2v) is 12.0. The third-order valence-electron chi connectivity index (χ3n) is 9.17. The number of fused-ring (bicyclic) bond motifs is 1. The molecule has 3 aliphatic rings. The van der Waals surface area contributed by atoms with E-state index in [1.165, 1.54) is 16.8 Å². The van der Waals surface area contributed by atoms with Crippen molar-refractivity contribution in [2.24, 2.45) is 5.92 Å². The van der Waals surface area contributed by atoms with Crippen LogP contribution in [0.3, 0.4) is 0 Å². The van der Waals surface area contributed by atoms with E-state index in [1.807, 2.05) is 10.7 Å². The number of anilines is 1. The fourth-order valence-corrected chi connectivity index (χ4v) is 6.65. The average Bonchev–Trinajstić information content (AvgIpc) is 3.71. The zero-order chi connectivity index (χ0) is 27.1. The molecule has 1 saturated carbocycles. The molecule has 7 nitrogen and oxygen atoms in total. The lowest BCUT2D eigenvalue weighted by Crippen LogP contribution is -2.54. The molecule has 0 N–H and O–H groups in total. The van der Waals surface area contributed by atoms with Crippen molar-refractivity contribution in [3.05, 3.63) is 54.4 Å². The molecule has 0 bridgehead atoms. The zero-order valence-corrected chi connectivity index (χ0v) is 24.0. The first-order chi connectivity index (χ1) is 18.9. The van der Waals surface area contributed by atoms with Crippen molar-refractivity contribution in [3.8, 4) is 11.1 Å². The highest BCUT2D eigenvalue weighted by atomic mass is 16.5. The summed E-state index contributed by atoms with van der Waals surface area (Å²) in [6.45, 7) is 14.2. The Bertz CT molecular complexity index is 1300. The number of carbonyl (C=O) groups is 1. The van der Waals surface area contributed by atoms with Crippen LogP contribution in [0.15, 0.2) is 48.8 Å². The van der Waals surface area contributed by atoms with Crippen LogP contribution in [0, 0.1) is 5.92 Å². The van der Waals surface area contributed by atoms with Gasteiger partial charge in [0.15, 0.2) is 0 Å². The van der Waals surface area contributed by atoms with Gasteiger partial charge in [0, 0.05) is 75.3 Å². The zero-order valence-electron chi connectivity index (χ0n) is 24.0. The summed E-state index contributed by atoms with van der Waals surface area (Å²) in [7, 11) is 0. The Balaban J connectivity index is 1.21. The molecule has 1 amide bonds. The molecule has 4 heterocycles. The van der Waals surface area contributed by atoms with E-state index in [4.69, 9.17) is 4.74 Å². The van der Waals surface area contributed by atoms with E-state index in [9.17, 15) is 4.79 Å². The van der Waals surface area contributed by atoms with E-state index < -0.39 is 0 Å². The predicted molar refractivity (Wildman–Crippen MR) is 156 cm³/mol. The molecule has 3 aromatic rings. The maximum absolute atomic E-state index is 12.7. The molecule has 208 valence electrons. The third kappa shape index (κ3) is 5.07. The minimum atomic E-state index is -0.196. The molecule has 7 heteroatoms. The summed E-state index contributed by atoms with van der Waals surface area (Å²) in [5.74, 6) is 0.634. The van der Waals surface area contributed by atoms with Crippen LogP contribution >= 0.6 is 0 Å². The van der Waals surface area contributed by atoms with Crippen molar-refractivity contribution in [1.29, 1.82) is 0 Å². The topological polar surface area (TPSA) is 53.3 Å². The lowest BCUT2D eigenvalue weighted by molar-refractivity contribution is -0.134. The van der Waals surface area contributed by atoms with Crippen LogP contribution in [0.1, 0.15) is 58.9 Å². The number of nitrogens with zero attached hydrogens (tertiary/aromatic N) is 5. The van der Waals surface area contributed by atoms with Crippen LogP contribution in [0.4, 0.5) is 5.69 Å². The molecular weight excluding hydrogens is 486 g/mol. The van der Waals surface area contributed by atoms with Gasteiger partial charge in [-0.2, -0.15) is 5.10 Å². The van der Waals surface area contributed by atoms with Gasteiger partial charge in [-0.15, -0.1) is 0 Å². The van der Waals surface area contributed by atoms with E-state index in [1.54, 1.807) is 0 Å². The van der Waals surface area contributed by atoms with Crippen LogP contribution in [0.2, 0.25) is 0 Å². The lowest BCUT2D eigenvalue weighted by atomic mass is 9.83. The Kier molecular flexibility index (Phi) is 7.15. The summed E-state index contributed by atoms with van der Waals surface area (Å²) in [6, 6.07) is 14.2. The number of hydrogen-bond donors (Lipinski definition) is 0. The van der Waals surface area contributed by atoms with Crippen molar-refractivity contribution >= 4 is 17.1 Å². The van der Waals surface area contributed by atoms with Gasteiger partial charge >= 0.3 is 0 Å². The number of ether oxygens (including phenoxy) is 1. The summed E-state index contributed by atoms with van der Waals surface area (Å²) in [5, 5.41) is 4.62. The van der Waals surface area contributed by atoms with Crippen molar-refractivity contribution in [2.75, 3.05) is 44.2 Å². The molecular formula is C32H43N5O2. The smallest absolute Gasteiger partial charge is 0.226 e. The molecule has 0 unspecified atom stereocenters. The van der Waals surface area contributed by atoms with Gasteiger partial charge < -0.3 is 19.4 Å². The number of likely N-dealkylation sites (tertiary alicyclic amines) is 1. The van der Waals surface area contributed by atoms with Crippen molar-refractivity contribution in [3.63, 3.8) is 0 Å². The van der Waals surface area contributed by atoms with Gasteiger partial charge in [0.1, 0.15) is 0 Å². The van der Waals surface area contributed by atoms with Crippen LogP contribution < -0.4 is 4.90 Å². The quantitative estimate of drug-likeness (QED) is 0.422. The van der Waals surface area contributed by atoms with Crippen molar-refractivity contribution in [2.45, 2.75) is 71.1 Å². The fourth-order valence-electron chi connectivity index (χ4n) is 6.65. The Morgan fingerprint density at radius 2 is 1.79 bits per heavy atom. The molecule has 1 atom stereocenters. The first-order valence-electron chi connectivity index (χ1n) is 14.9. The summed E-state index contributed by atoms with van der Waals surface area (Å²) in [4.78, 5) is 19.8. The number of rotatable bonds is 7. The summed E-state index contributed by atoms with van der Waals surface area (Å²) < 4.78 is 8.43. The number of amides is 1. The number of carbonyl (C=O) groups excluding carboxylic acids is 1. The number of benzene rings is 1. The summed E-state index contributed by atoms with van der Waals surface area (Å²) in [6.07, 6.45) is 8.20. The molecule has 3 fully saturated rings. The summed E-state index contributed by atoms with van der Waals surface area (Å²) in [5.41, 5.74) is 5.74. The molecule has 2 aliphatic heterocycles. The second kappa shape index (κ2) is 10.6. The van der Waals surface area contributed by atoms with Gasteiger partial charge in [0.2, 0.25) is 5.91 Å². The normalized spacial score (nSPS) is 22.1. The highest BCUT2D eigenvalue weighted by Crippen LogP contribution is 2.39. The SMILES string of the molecule is CCOC1(c2ccc(-c3cc4c(N5CCN(C(=O)C6CC6)[C@H](C)C5)ccnn4c3)cc2)CCN(C(C)C)CC1. The van der Waals surface area contributed by atoms with Crippen LogP contribution in [0.5, 0.6) is 0 Å². The maximum Gasteiger partial charge on any atom is 0.226 e. The monoisotopic (exact) mass is 529 g/mol. The summed E-state index contributed by atoms with van der Waals surface area (Å²) >= 11 is 0. The number of hydrogen-bond acceptors (Lipinski definition) is 5. The Hall–Kier alpha value is -2.90. The van der Waals surface area contributed by atoms with E-state index in [-0.39, 0.29) is 17.6 Å². The number of piperidine rings is 1. The Morgan fingerprint density at radius 1 is 1.05 bits per heavy atom. The highest BCUT2D eigenvalue weighted by molar-refractivity contribution is 5.83. The molecule has 0 radical (unpaired) electrons. The minimum Gasteiger partial charge on any atom is -0.370 e. The van der Waals surface area contributed by atoms with Gasteiger partial charge in [-0.1, -0.05) is 24.3 Å². The predicted octanol–water partition coefficient (Wildman–Crippen LogP) is 5.18. The number of piperazine rings is 1. The second-order valence-electron chi connectivity index (χ2n) is 12.0. The third-order valence-corrected chi connectivity index (χ3v) is 9.17. The van der Waals surface area contributed by atoms with Gasteiger partial charge in [-0.05, 0) is 76.6 Å². The first kappa shape index (κ1) is 26.3. The van der Waals surface area contributed by atoms with Gasteiger partial charge in [0.05, 0.1) is 16.8 Å². The van der Waals surface area contributed by atoms with Gasteiger partial charge in [0.25, 0.3) is 0 Å². The van der Waals surface area contributed by atoms with E-state index in [0.29, 0.717) is 11.9 Å². The first-order valence-corrected chi connectivity index (χ1v) is 14.9. The Morgan fingerprint density at radius 3 is 2.44 bits per heavy atom. The number of aromatic nitrogens is 2. The molecule has 6 rings (SSSR count). The molecule has 1 aliphatic carbocycles. The van der Waals surface area contributed by atoms with E-state index >= 15 is 0 Å². The molecule has 39 heavy (non-hydrogen) atoms. The van der Waals surface area contributed by atoms with E-state index in [0.717, 1.165) is 76.1 Å². The average molecular weight is 530 g/mol. The molecule has 1 aromatic carbocycles. The van der Waals surface area contributed by atoms with Crippen molar-refractivity contribution in [1.82, 2.24) is 19.4 Å². The lowest BCUT2D eigenvalue weighted by Gasteiger charge is -2.43. The minimum absolute atomic E-state index is 0.196. The van der Waals surface area contributed by atoms with Crippen LogP contribution in [0.25, 0.3) is 16.6 Å². The standard InChI is InChI=1S/C32H43N5O2/c1-5-39-32(13-16-34(17-14-32)23(2)3)28-10-8-25(9-11-28)27-20-30-29(12-15-33-37(30)22-27)35-18-19-36(24(4)21-35)31(38)26-6-7-26/h8-12,15,20,22-24,26H,5-7,13-14,16-19,21H2,1-4H3/t24-/m1/s1. The van der Waals surface area contributed by atoms with Gasteiger partial charge in [-0.3, -0.25) is 4.79 Å². The van der Waals surface area contributed by atoms with Gasteiger partial charge in [-0.25, -0.2) is 4.52 Å². The van der Waals surface area contributed by atoms with Crippen LogP contribution in [-0.2, 0) is 15.1 Å². The largest absolute Gasteiger partial charge is 0.370 e. The Labute approximate surface area is 232 Å². The van der Waals surface area contributed by atoms with Crippen LogP contribution in [-0.4, -0.2) is 76.7 Å². The highest BCUT2D eigenvalue weighted by Gasteiger charge is 2.38.